The molecule has 0 amide bonds. The van der Waals surface area contributed by atoms with E-state index in [1.54, 1.807) is 0 Å². The number of nitrogens with zero attached hydrogens (tertiary/aromatic N) is 2. The van der Waals surface area contributed by atoms with Crippen LogP contribution in [-0.2, 0) is 16.6 Å². The van der Waals surface area contributed by atoms with E-state index in [0.717, 1.165) is 25.3 Å². The summed E-state index contributed by atoms with van der Waals surface area (Å²) in [7, 11) is -4.80. The second kappa shape index (κ2) is 6.00. The Bertz CT molecular complexity index is 731. The standard InChI is InChI=1S/C15H16FN3O2S/c16-22(20,21)15-9-8-14(18-19-15)17-13(12-6-7-12)10-11-4-2-1-3-5-11/h1-5,8-9,12-13H,6-7,10H2,(H,17,18). The molecule has 1 aliphatic rings. The van der Waals surface area contributed by atoms with Crippen molar-refractivity contribution in [3.63, 3.8) is 0 Å². The van der Waals surface area contributed by atoms with E-state index < -0.39 is 15.2 Å². The van der Waals surface area contributed by atoms with Crippen LogP contribution in [0.25, 0.3) is 0 Å². The third-order valence-corrected chi connectivity index (χ3v) is 4.43. The third kappa shape index (κ3) is 3.79. The number of benzene rings is 1. The molecule has 1 atom stereocenters. The van der Waals surface area contributed by atoms with Crippen LogP contribution in [-0.4, -0.2) is 24.7 Å². The van der Waals surface area contributed by atoms with Crippen molar-refractivity contribution in [1.29, 1.82) is 0 Å². The summed E-state index contributed by atoms with van der Waals surface area (Å²) in [4.78, 5) is 0. The summed E-state index contributed by atoms with van der Waals surface area (Å²) < 4.78 is 34.3. The van der Waals surface area contributed by atoms with Crippen molar-refractivity contribution in [1.82, 2.24) is 10.2 Å². The molecule has 1 unspecified atom stereocenters. The van der Waals surface area contributed by atoms with Gasteiger partial charge in [-0.1, -0.05) is 34.2 Å². The fourth-order valence-corrected chi connectivity index (χ4v) is 2.79. The average Bonchev–Trinajstić information content (AvgIpc) is 3.32. The van der Waals surface area contributed by atoms with Crippen LogP contribution in [0.15, 0.2) is 47.5 Å². The van der Waals surface area contributed by atoms with E-state index in [-0.39, 0.29) is 6.04 Å². The number of rotatable bonds is 6. The summed E-state index contributed by atoms with van der Waals surface area (Å²) in [6, 6.07) is 12.9. The molecular formula is C15H16FN3O2S. The molecule has 2 aromatic rings. The molecule has 5 nitrogen and oxygen atoms in total. The summed E-state index contributed by atoms with van der Waals surface area (Å²) in [5.74, 6) is 1.03. The second-order valence-electron chi connectivity index (χ2n) is 5.47. The lowest BCUT2D eigenvalue weighted by molar-refractivity contribution is 0.545. The minimum Gasteiger partial charge on any atom is -0.365 e. The Hall–Kier alpha value is -2.02. The molecule has 0 radical (unpaired) electrons. The zero-order valence-electron chi connectivity index (χ0n) is 11.8. The second-order valence-corrected chi connectivity index (χ2v) is 6.77. The van der Waals surface area contributed by atoms with Crippen LogP contribution < -0.4 is 5.32 Å². The van der Waals surface area contributed by atoms with Gasteiger partial charge in [0.25, 0.3) is 0 Å². The van der Waals surface area contributed by atoms with E-state index in [0.29, 0.717) is 11.7 Å². The van der Waals surface area contributed by atoms with Gasteiger partial charge in [-0.25, -0.2) is 0 Å². The predicted octanol–water partition coefficient (Wildman–Crippen LogP) is 2.57. The first-order valence-electron chi connectivity index (χ1n) is 7.11. The Morgan fingerprint density at radius 1 is 1.14 bits per heavy atom. The Balaban J connectivity index is 1.71. The molecule has 1 aromatic carbocycles. The normalized spacial score (nSPS) is 16.2. The molecule has 0 saturated heterocycles. The maximum atomic E-state index is 12.8. The molecule has 1 heterocycles. The molecule has 1 N–H and O–H groups in total. The van der Waals surface area contributed by atoms with Crippen LogP contribution in [0, 0.1) is 5.92 Å². The topological polar surface area (TPSA) is 72.0 Å². The van der Waals surface area contributed by atoms with Gasteiger partial charge in [0, 0.05) is 6.04 Å². The van der Waals surface area contributed by atoms with Crippen molar-refractivity contribution in [2.75, 3.05) is 5.32 Å². The van der Waals surface area contributed by atoms with Crippen molar-refractivity contribution >= 4 is 16.0 Å². The minimum atomic E-state index is -4.80. The summed E-state index contributed by atoms with van der Waals surface area (Å²) in [6.45, 7) is 0. The molecule has 0 spiro atoms. The molecule has 0 bridgehead atoms. The Kier molecular flexibility index (Phi) is 4.06. The first-order chi connectivity index (χ1) is 10.5. The van der Waals surface area contributed by atoms with E-state index in [2.05, 4.69) is 27.6 Å². The van der Waals surface area contributed by atoms with Gasteiger partial charge < -0.3 is 5.32 Å². The van der Waals surface area contributed by atoms with Gasteiger partial charge in [0.1, 0.15) is 5.82 Å². The van der Waals surface area contributed by atoms with Gasteiger partial charge in [-0.15, -0.1) is 10.2 Å². The summed E-state index contributed by atoms with van der Waals surface area (Å²) >= 11 is 0. The minimum absolute atomic E-state index is 0.213. The molecule has 0 aliphatic heterocycles. The Labute approximate surface area is 128 Å². The highest BCUT2D eigenvalue weighted by molar-refractivity contribution is 7.86. The summed E-state index contributed by atoms with van der Waals surface area (Å²) in [6.07, 6.45) is 3.18. The number of aromatic nitrogens is 2. The van der Waals surface area contributed by atoms with Gasteiger partial charge in [0.05, 0.1) is 0 Å². The summed E-state index contributed by atoms with van der Waals surface area (Å²) in [5, 5.41) is 9.79. The van der Waals surface area contributed by atoms with Crippen LogP contribution in [0.4, 0.5) is 9.70 Å². The number of nitrogens with one attached hydrogen (secondary N) is 1. The zero-order chi connectivity index (χ0) is 15.6. The van der Waals surface area contributed by atoms with E-state index in [1.165, 1.54) is 11.6 Å². The zero-order valence-corrected chi connectivity index (χ0v) is 12.6. The number of anilines is 1. The average molecular weight is 321 g/mol. The molecule has 3 rings (SSSR count). The maximum absolute atomic E-state index is 12.8. The van der Waals surface area contributed by atoms with Gasteiger partial charge in [-0.3, -0.25) is 0 Å². The van der Waals surface area contributed by atoms with E-state index in [1.807, 2.05) is 18.2 Å². The monoisotopic (exact) mass is 321 g/mol. The van der Waals surface area contributed by atoms with Crippen molar-refractivity contribution in [2.24, 2.45) is 5.92 Å². The van der Waals surface area contributed by atoms with E-state index in [9.17, 15) is 12.3 Å². The van der Waals surface area contributed by atoms with Gasteiger partial charge in [-0.2, -0.15) is 8.42 Å². The van der Waals surface area contributed by atoms with Crippen LogP contribution in [0.2, 0.25) is 0 Å². The quantitative estimate of drug-likeness (QED) is 0.828. The van der Waals surface area contributed by atoms with Crippen LogP contribution in [0.3, 0.4) is 0 Å². The highest BCUT2D eigenvalue weighted by atomic mass is 32.3. The molecule has 1 aromatic heterocycles. The predicted molar refractivity (Wildman–Crippen MR) is 80.6 cm³/mol. The molecule has 1 fully saturated rings. The third-order valence-electron chi connectivity index (χ3n) is 3.71. The lowest BCUT2D eigenvalue weighted by Crippen LogP contribution is -2.25. The summed E-state index contributed by atoms with van der Waals surface area (Å²) in [5.41, 5.74) is 1.22. The molecule has 116 valence electrons. The largest absolute Gasteiger partial charge is 0.365 e. The fourth-order valence-electron chi connectivity index (χ4n) is 2.42. The first kappa shape index (κ1) is 14.9. The SMILES string of the molecule is O=S(=O)(F)c1ccc(NC(Cc2ccccc2)C2CC2)nn1. The smallest absolute Gasteiger partial charge is 0.351 e. The van der Waals surface area contributed by atoms with Gasteiger partial charge in [-0.05, 0) is 42.9 Å². The molecule has 1 saturated carbocycles. The molecule has 22 heavy (non-hydrogen) atoms. The highest BCUT2D eigenvalue weighted by Crippen LogP contribution is 2.35. The van der Waals surface area contributed by atoms with E-state index >= 15 is 0 Å². The lowest BCUT2D eigenvalue weighted by Gasteiger charge is -2.18. The molecular weight excluding hydrogens is 305 g/mol. The van der Waals surface area contributed by atoms with Gasteiger partial charge in [0.15, 0.2) is 0 Å². The first-order valence-corrected chi connectivity index (χ1v) is 8.49. The van der Waals surface area contributed by atoms with Crippen LogP contribution in [0.5, 0.6) is 0 Å². The van der Waals surface area contributed by atoms with Crippen molar-refractivity contribution < 1.29 is 12.3 Å². The van der Waals surface area contributed by atoms with Crippen LogP contribution >= 0.6 is 0 Å². The van der Waals surface area contributed by atoms with E-state index in [4.69, 9.17) is 0 Å². The number of hydrogen-bond donors (Lipinski definition) is 1. The van der Waals surface area contributed by atoms with Gasteiger partial charge in [0.2, 0.25) is 5.03 Å². The fraction of sp³-hybridized carbons (Fsp3) is 0.333. The van der Waals surface area contributed by atoms with Crippen molar-refractivity contribution in [2.45, 2.75) is 30.3 Å². The van der Waals surface area contributed by atoms with Crippen LogP contribution in [0.1, 0.15) is 18.4 Å². The van der Waals surface area contributed by atoms with Gasteiger partial charge >= 0.3 is 10.2 Å². The molecule has 1 aliphatic carbocycles. The Morgan fingerprint density at radius 2 is 1.86 bits per heavy atom. The maximum Gasteiger partial charge on any atom is 0.351 e. The lowest BCUT2D eigenvalue weighted by atomic mass is 10.0. The Morgan fingerprint density at radius 3 is 2.41 bits per heavy atom. The van der Waals surface area contributed by atoms with Crippen molar-refractivity contribution in [3.8, 4) is 0 Å². The number of hydrogen-bond acceptors (Lipinski definition) is 5. The highest BCUT2D eigenvalue weighted by Gasteiger charge is 2.31. The van der Waals surface area contributed by atoms with Crippen molar-refractivity contribution in [3.05, 3.63) is 48.0 Å². The molecule has 7 heteroatoms. The number of halogens is 1.